The fraction of sp³-hybridized carbons (Fsp3) is 0. The second kappa shape index (κ2) is 5.68. The molecule has 0 saturated carbocycles. The fourth-order valence-electron chi connectivity index (χ4n) is 1.58. The number of aromatic nitrogens is 1. The third-order valence-electron chi connectivity index (χ3n) is 2.52. The van der Waals surface area contributed by atoms with Crippen LogP contribution in [0.4, 0.5) is 11.5 Å². The minimum Gasteiger partial charge on any atom is -0.384 e. The molecule has 1 amide bonds. The molecule has 0 aliphatic carbocycles. The number of nitrogens with zero attached hydrogens (tertiary/aromatic N) is 1. The van der Waals surface area contributed by atoms with Gasteiger partial charge in [-0.2, -0.15) is 0 Å². The molecule has 0 unspecified atom stereocenters. The van der Waals surface area contributed by atoms with Gasteiger partial charge in [0.25, 0.3) is 5.91 Å². The molecule has 1 heterocycles. The Morgan fingerprint density at radius 3 is 2.33 bits per heavy atom. The van der Waals surface area contributed by atoms with Crippen molar-refractivity contribution in [1.29, 1.82) is 0 Å². The van der Waals surface area contributed by atoms with Crippen molar-refractivity contribution in [3.63, 3.8) is 0 Å². The van der Waals surface area contributed by atoms with Gasteiger partial charge in [0.05, 0.1) is 4.90 Å². The van der Waals surface area contributed by atoms with E-state index in [4.69, 9.17) is 22.5 Å². The molecule has 0 aliphatic heterocycles. The number of sulfonamides is 1. The predicted octanol–water partition coefficient (Wildman–Crippen LogP) is 1.22. The number of amides is 1. The van der Waals surface area contributed by atoms with Crippen LogP contribution in [-0.2, 0) is 10.0 Å². The highest BCUT2D eigenvalue weighted by molar-refractivity contribution is 7.89. The number of carbonyl (C=O) groups is 1. The molecule has 0 atom stereocenters. The first-order valence-electron chi connectivity index (χ1n) is 5.63. The van der Waals surface area contributed by atoms with E-state index in [1.54, 1.807) is 0 Å². The molecule has 7 nitrogen and oxygen atoms in total. The van der Waals surface area contributed by atoms with Crippen LogP contribution in [0.15, 0.2) is 41.3 Å². The summed E-state index contributed by atoms with van der Waals surface area (Å²) in [5.41, 5.74) is 6.14. The SMILES string of the molecule is Nc1cc(C(=O)Nc2ccc(S(N)(=O)=O)cc2)cc(Cl)n1. The number of halogens is 1. The van der Waals surface area contributed by atoms with Crippen molar-refractivity contribution in [1.82, 2.24) is 4.98 Å². The van der Waals surface area contributed by atoms with Crippen LogP contribution < -0.4 is 16.2 Å². The van der Waals surface area contributed by atoms with E-state index in [9.17, 15) is 13.2 Å². The second-order valence-electron chi connectivity index (χ2n) is 4.13. The lowest BCUT2D eigenvalue weighted by atomic mass is 10.2. The number of pyridine rings is 1. The molecule has 0 aliphatic rings. The summed E-state index contributed by atoms with van der Waals surface area (Å²) in [6.07, 6.45) is 0. The first kappa shape index (κ1) is 15.2. The van der Waals surface area contributed by atoms with Gasteiger partial charge in [0, 0.05) is 11.3 Å². The van der Waals surface area contributed by atoms with Crippen molar-refractivity contribution in [3.8, 4) is 0 Å². The molecule has 0 bridgehead atoms. The number of primary sulfonamides is 1. The van der Waals surface area contributed by atoms with Crippen LogP contribution in [0.5, 0.6) is 0 Å². The molecule has 0 spiro atoms. The zero-order valence-corrected chi connectivity index (χ0v) is 12.1. The predicted molar refractivity (Wildman–Crippen MR) is 79.4 cm³/mol. The van der Waals surface area contributed by atoms with Gasteiger partial charge >= 0.3 is 0 Å². The quantitative estimate of drug-likeness (QED) is 0.730. The minimum atomic E-state index is -3.77. The van der Waals surface area contributed by atoms with Gasteiger partial charge in [-0.05, 0) is 36.4 Å². The van der Waals surface area contributed by atoms with E-state index < -0.39 is 15.9 Å². The largest absolute Gasteiger partial charge is 0.384 e. The summed E-state index contributed by atoms with van der Waals surface area (Å²) in [5.74, 6) is -0.327. The Hall–Kier alpha value is -2.16. The molecule has 0 saturated heterocycles. The van der Waals surface area contributed by atoms with Crippen LogP contribution in [0.2, 0.25) is 5.15 Å². The van der Waals surface area contributed by atoms with Crippen LogP contribution in [0, 0.1) is 0 Å². The Kier molecular flexibility index (Phi) is 4.12. The van der Waals surface area contributed by atoms with Crippen LogP contribution in [-0.4, -0.2) is 19.3 Å². The Balaban J connectivity index is 2.20. The van der Waals surface area contributed by atoms with E-state index in [0.717, 1.165) is 0 Å². The highest BCUT2D eigenvalue weighted by Gasteiger charge is 2.10. The molecule has 9 heteroatoms. The Morgan fingerprint density at radius 2 is 1.81 bits per heavy atom. The van der Waals surface area contributed by atoms with E-state index in [2.05, 4.69) is 10.3 Å². The van der Waals surface area contributed by atoms with Gasteiger partial charge in [-0.15, -0.1) is 0 Å². The number of nitrogens with two attached hydrogens (primary N) is 2. The molecule has 2 rings (SSSR count). The lowest BCUT2D eigenvalue weighted by Gasteiger charge is -2.07. The molecule has 0 radical (unpaired) electrons. The summed E-state index contributed by atoms with van der Waals surface area (Å²) < 4.78 is 22.2. The molecular formula is C12H11ClN4O3S. The van der Waals surface area contributed by atoms with Crippen molar-refractivity contribution < 1.29 is 13.2 Å². The summed E-state index contributed by atoms with van der Waals surface area (Å²) in [4.78, 5) is 15.7. The highest BCUT2D eigenvalue weighted by atomic mass is 35.5. The van der Waals surface area contributed by atoms with Crippen LogP contribution in [0.25, 0.3) is 0 Å². The first-order chi connectivity index (χ1) is 9.75. The zero-order valence-electron chi connectivity index (χ0n) is 10.6. The standard InChI is InChI=1S/C12H11ClN4O3S/c13-10-5-7(6-11(14)17-10)12(18)16-8-1-3-9(4-2-8)21(15,19)20/h1-6H,(H2,14,17)(H,16,18)(H2,15,19,20). The topological polar surface area (TPSA) is 128 Å². The summed E-state index contributed by atoms with van der Waals surface area (Å²) in [6.45, 7) is 0. The second-order valence-corrected chi connectivity index (χ2v) is 6.08. The van der Waals surface area contributed by atoms with Gasteiger partial charge in [0.2, 0.25) is 10.0 Å². The monoisotopic (exact) mass is 326 g/mol. The van der Waals surface area contributed by atoms with Gasteiger partial charge in [0.1, 0.15) is 11.0 Å². The molecule has 110 valence electrons. The third kappa shape index (κ3) is 3.91. The van der Waals surface area contributed by atoms with Crippen LogP contribution in [0.3, 0.4) is 0 Å². The number of rotatable bonds is 3. The van der Waals surface area contributed by atoms with E-state index >= 15 is 0 Å². The average Bonchev–Trinajstić information content (AvgIpc) is 2.37. The number of hydrogen-bond acceptors (Lipinski definition) is 5. The Morgan fingerprint density at radius 1 is 1.19 bits per heavy atom. The maximum atomic E-state index is 12.0. The van der Waals surface area contributed by atoms with Crippen molar-refractivity contribution in [2.24, 2.45) is 5.14 Å². The van der Waals surface area contributed by atoms with Crippen LogP contribution in [0.1, 0.15) is 10.4 Å². The average molecular weight is 327 g/mol. The lowest BCUT2D eigenvalue weighted by Crippen LogP contribution is -2.14. The molecule has 2 aromatic rings. The summed E-state index contributed by atoms with van der Waals surface area (Å²) in [7, 11) is -3.77. The molecule has 5 N–H and O–H groups in total. The smallest absolute Gasteiger partial charge is 0.255 e. The summed E-state index contributed by atoms with van der Waals surface area (Å²) in [5, 5.41) is 7.66. The van der Waals surface area contributed by atoms with Gasteiger partial charge < -0.3 is 11.1 Å². The Labute approximate surface area is 126 Å². The normalized spacial score (nSPS) is 11.1. The highest BCUT2D eigenvalue weighted by Crippen LogP contribution is 2.16. The van der Waals surface area contributed by atoms with E-state index in [1.165, 1.54) is 36.4 Å². The zero-order chi connectivity index (χ0) is 15.6. The number of anilines is 2. The maximum absolute atomic E-state index is 12.0. The molecule has 1 aromatic carbocycles. The summed E-state index contributed by atoms with van der Waals surface area (Å²) in [6, 6.07) is 8.16. The fourth-order valence-corrected chi connectivity index (χ4v) is 2.31. The van der Waals surface area contributed by atoms with Crippen molar-refractivity contribution in [2.75, 3.05) is 11.1 Å². The number of nitrogens with one attached hydrogen (secondary N) is 1. The van der Waals surface area contributed by atoms with Gasteiger partial charge in [-0.3, -0.25) is 4.79 Å². The van der Waals surface area contributed by atoms with Gasteiger partial charge in [0.15, 0.2) is 0 Å². The van der Waals surface area contributed by atoms with Crippen molar-refractivity contribution in [3.05, 3.63) is 47.1 Å². The van der Waals surface area contributed by atoms with E-state index in [-0.39, 0.29) is 21.4 Å². The molecular weight excluding hydrogens is 316 g/mol. The number of benzene rings is 1. The number of carbonyl (C=O) groups excluding carboxylic acids is 1. The first-order valence-corrected chi connectivity index (χ1v) is 7.55. The minimum absolute atomic E-state index is 0.0447. The van der Waals surface area contributed by atoms with Gasteiger partial charge in [-0.25, -0.2) is 18.5 Å². The van der Waals surface area contributed by atoms with Crippen molar-refractivity contribution in [2.45, 2.75) is 4.90 Å². The molecule has 0 fully saturated rings. The molecule has 21 heavy (non-hydrogen) atoms. The lowest BCUT2D eigenvalue weighted by molar-refractivity contribution is 0.102. The third-order valence-corrected chi connectivity index (χ3v) is 3.64. The van der Waals surface area contributed by atoms with Crippen LogP contribution >= 0.6 is 11.6 Å². The number of hydrogen-bond donors (Lipinski definition) is 3. The molecule has 1 aromatic heterocycles. The van der Waals surface area contributed by atoms with Crippen molar-refractivity contribution >= 4 is 39.0 Å². The Bertz CT molecular complexity index is 770. The van der Waals surface area contributed by atoms with Gasteiger partial charge in [-0.1, -0.05) is 11.6 Å². The summed E-state index contributed by atoms with van der Waals surface area (Å²) >= 11 is 5.72. The maximum Gasteiger partial charge on any atom is 0.255 e. The van der Waals surface area contributed by atoms with E-state index in [1.807, 2.05) is 0 Å². The number of nitrogen functional groups attached to an aromatic ring is 1. The van der Waals surface area contributed by atoms with E-state index in [0.29, 0.717) is 5.69 Å².